The summed E-state index contributed by atoms with van der Waals surface area (Å²) in [5.74, 6) is -0.631. The molecule has 1 aromatic carbocycles. The standard InChI is InChI=1S/C21H17ClO5S/c22-19-6-5-18(28-19)16(23)4-7-20(24)26-11-14-10-21(25)27-17-9-13-3-1-2-12(13)8-15(14)17/h5-6,8-10H,1-4,7,11H2. The van der Waals surface area contributed by atoms with E-state index in [0.29, 0.717) is 20.4 Å². The maximum atomic E-state index is 12.1. The van der Waals surface area contributed by atoms with Crippen molar-refractivity contribution in [3.05, 3.63) is 66.7 Å². The second kappa shape index (κ2) is 7.89. The summed E-state index contributed by atoms with van der Waals surface area (Å²) in [7, 11) is 0. The van der Waals surface area contributed by atoms with Crippen molar-refractivity contribution >= 4 is 45.7 Å². The molecule has 0 fully saturated rings. The second-order valence-electron chi connectivity index (χ2n) is 6.75. The fourth-order valence-electron chi connectivity index (χ4n) is 3.45. The molecule has 7 heteroatoms. The number of aryl methyl sites for hydroxylation is 2. The zero-order valence-electron chi connectivity index (χ0n) is 15.0. The Labute approximate surface area is 169 Å². The van der Waals surface area contributed by atoms with Crippen molar-refractivity contribution in [3.63, 3.8) is 0 Å². The Balaban J connectivity index is 1.43. The predicted octanol–water partition coefficient (Wildman–Crippen LogP) is 4.70. The van der Waals surface area contributed by atoms with Gasteiger partial charge in [0, 0.05) is 23.4 Å². The molecule has 0 bridgehead atoms. The van der Waals surface area contributed by atoms with Crippen LogP contribution in [-0.4, -0.2) is 11.8 Å². The maximum absolute atomic E-state index is 12.1. The third-order valence-corrected chi connectivity index (χ3v) is 6.11. The van der Waals surface area contributed by atoms with E-state index in [2.05, 4.69) is 0 Å². The Kier molecular flexibility index (Phi) is 5.33. The van der Waals surface area contributed by atoms with Crippen LogP contribution < -0.4 is 5.63 Å². The number of ketones is 1. The van der Waals surface area contributed by atoms with Gasteiger partial charge in [0.25, 0.3) is 0 Å². The van der Waals surface area contributed by atoms with Crippen LogP contribution in [0, 0.1) is 0 Å². The molecular formula is C21H17ClO5S. The highest BCUT2D eigenvalue weighted by atomic mass is 35.5. The average molecular weight is 417 g/mol. The van der Waals surface area contributed by atoms with Gasteiger partial charge in [-0.25, -0.2) is 4.79 Å². The number of hydrogen-bond donors (Lipinski definition) is 0. The van der Waals surface area contributed by atoms with Crippen molar-refractivity contribution in [1.29, 1.82) is 0 Å². The molecule has 0 radical (unpaired) electrons. The molecule has 0 amide bonds. The summed E-state index contributed by atoms with van der Waals surface area (Å²) in [5, 5.41) is 0.789. The van der Waals surface area contributed by atoms with Crippen LogP contribution in [0.2, 0.25) is 4.34 Å². The summed E-state index contributed by atoms with van der Waals surface area (Å²) < 4.78 is 11.2. The summed E-state index contributed by atoms with van der Waals surface area (Å²) in [6, 6.07) is 8.59. The van der Waals surface area contributed by atoms with Gasteiger partial charge < -0.3 is 9.15 Å². The van der Waals surface area contributed by atoms with E-state index >= 15 is 0 Å². The molecule has 144 valence electrons. The van der Waals surface area contributed by atoms with Gasteiger partial charge in [-0.2, -0.15) is 0 Å². The van der Waals surface area contributed by atoms with Crippen molar-refractivity contribution in [2.75, 3.05) is 0 Å². The van der Waals surface area contributed by atoms with E-state index in [1.807, 2.05) is 12.1 Å². The van der Waals surface area contributed by atoms with Crippen LogP contribution in [0.1, 0.15) is 45.6 Å². The molecule has 2 aromatic heterocycles. The number of esters is 1. The molecule has 1 aliphatic rings. The van der Waals surface area contributed by atoms with E-state index in [1.165, 1.54) is 28.5 Å². The summed E-state index contributed by atoms with van der Waals surface area (Å²) >= 11 is 7.01. The van der Waals surface area contributed by atoms with Crippen molar-refractivity contribution in [1.82, 2.24) is 0 Å². The summed E-state index contributed by atoms with van der Waals surface area (Å²) in [5.41, 5.74) is 3.11. The minimum atomic E-state index is -0.487. The van der Waals surface area contributed by atoms with Crippen LogP contribution in [-0.2, 0) is 29.0 Å². The molecule has 0 unspecified atom stereocenters. The minimum Gasteiger partial charge on any atom is -0.461 e. The molecule has 0 atom stereocenters. The predicted molar refractivity (Wildman–Crippen MR) is 107 cm³/mol. The lowest BCUT2D eigenvalue weighted by Gasteiger charge is -2.09. The molecule has 0 spiro atoms. The number of halogens is 1. The van der Waals surface area contributed by atoms with E-state index in [9.17, 15) is 14.4 Å². The molecule has 5 nitrogen and oxygen atoms in total. The Hall–Kier alpha value is -2.44. The van der Waals surface area contributed by atoms with Gasteiger partial charge in [0.2, 0.25) is 0 Å². The normalized spacial score (nSPS) is 12.9. The largest absolute Gasteiger partial charge is 0.461 e. The maximum Gasteiger partial charge on any atom is 0.336 e. The molecule has 0 N–H and O–H groups in total. The quantitative estimate of drug-likeness (QED) is 0.330. The topological polar surface area (TPSA) is 73.6 Å². The highest BCUT2D eigenvalue weighted by Gasteiger charge is 2.17. The molecule has 0 saturated carbocycles. The van der Waals surface area contributed by atoms with E-state index in [-0.39, 0.29) is 25.2 Å². The third-order valence-electron chi connectivity index (χ3n) is 4.84. The lowest BCUT2D eigenvalue weighted by atomic mass is 10.0. The average Bonchev–Trinajstić information content (AvgIpc) is 3.30. The number of thiophene rings is 1. The first-order valence-corrected chi connectivity index (χ1v) is 10.2. The van der Waals surface area contributed by atoms with Crippen molar-refractivity contribution in [2.24, 2.45) is 0 Å². The monoisotopic (exact) mass is 416 g/mol. The number of rotatable bonds is 6. The van der Waals surface area contributed by atoms with E-state index in [1.54, 1.807) is 12.1 Å². The van der Waals surface area contributed by atoms with Gasteiger partial charge in [-0.05, 0) is 54.7 Å². The van der Waals surface area contributed by atoms with E-state index < -0.39 is 11.6 Å². The summed E-state index contributed by atoms with van der Waals surface area (Å²) in [6.07, 6.45) is 3.10. The molecule has 0 saturated heterocycles. The van der Waals surface area contributed by atoms with Gasteiger partial charge >= 0.3 is 11.6 Å². The van der Waals surface area contributed by atoms with Crippen molar-refractivity contribution in [3.8, 4) is 0 Å². The van der Waals surface area contributed by atoms with Gasteiger partial charge in [-0.1, -0.05) is 11.6 Å². The first kappa shape index (κ1) is 18.9. The van der Waals surface area contributed by atoms with E-state index in [0.717, 1.165) is 24.6 Å². The minimum absolute atomic E-state index is 0.0247. The molecule has 2 heterocycles. The first-order valence-electron chi connectivity index (χ1n) is 9.02. The van der Waals surface area contributed by atoms with Crippen molar-refractivity contribution < 1.29 is 18.7 Å². The number of fused-ring (bicyclic) bond motifs is 2. The number of ether oxygens (including phenoxy) is 1. The molecule has 3 aromatic rings. The lowest BCUT2D eigenvalue weighted by molar-refractivity contribution is -0.144. The van der Waals surface area contributed by atoms with Crippen molar-refractivity contribution in [2.45, 2.75) is 38.7 Å². The molecular weight excluding hydrogens is 400 g/mol. The molecule has 1 aliphatic carbocycles. The van der Waals surface area contributed by atoms with Gasteiger partial charge in [0.1, 0.15) is 12.2 Å². The highest BCUT2D eigenvalue weighted by Crippen LogP contribution is 2.29. The zero-order valence-corrected chi connectivity index (χ0v) is 16.5. The number of Topliss-reactive ketones (excluding diaryl/α,β-unsaturated/α-hetero) is 1. The van der Waals surface area contributed by atoms with Crippen LogP contribution in [0.4, 0.5) is 0 Å². The van der Waals surface area contributed by atoms with Crippen LogP contribution in [0.3, 0.4) is 0 Å². The third kappa shape index (κ3) is 4.03. The molecule has 0 aliphatic heterocycles. The molecule has 4 rings (SSSR count). The molecule has 28 heavy (non-hydrogen) atoms. The highest BCUT2D eigenvalue weighted by molar-refractivity contribution is 7.18. The summed E-state index contributed by atoms with van der Waals surface area (Å²) in [6.45, 7) is -0.0290. The Morgan fingerprint density at radius 2 is 1.89 bits per heavy atom. The number of carbonyl (C=O) groups excluding carboxylic acids is 2. The van der Waals surface area contributed by atoms with Gasteiger partial charge in [-0.15, -0.1) is 11.3 Å². The number of carbonyl (C=O) groups is 2. The summed E-state index contributed by atoms with van der Waals surface area (Å²) in [4.78, 5) is 36.5. The fraction of sp³-hybridized carbons (Fsp3) is 0.286. The number of hydrogen-bond acceptors (Lipinski definition) is 6. The lowest BCUT2D eigenvalue weighted by Crippen LogP contribution is -2.09. The first-order chi connectivity index (χ1) is 13.5. The fourth-order valence-corrected chi connectivity index (χ4v) is 4.46. The Morgan fingerprint density at radius 3 is 2.64 bits per heavy atom. The van der Waals surface area contributed by atoms with Crippen LogP contribution in [0.5, 0.6) is 0 Å². The smallest absolute Gasteiger partial charge is 0.336 e. The zero-order chi connectivity index (χ0) is 19.7. The van der Waals surface area contributed by atoms with Gasteiger partial charge in [0.15, 0.2) is 5.78 Å². The van der Waals surface area contributed by atoms with E-state index in [4.69, 9.17) is 20.8 Å². The van der Waals surface area contributed by atoms with Gasteiger partial charge in [-0.3, -0.25) is 9.59 Å². The Morgan fingerprint density at radius 1 is 1.11 bits per heavy atom. The van der Waals surface area contributed by atoms with Crippen LogP contribution in [0.15, 0.2) is 39.5 Å². The Bertz CT molecular complexity index is 1130. The van der Waals surface area contributed by atoms with Crippen LogP contribution >= 0.6 is 22.9 Å². The SMILES string of the molecule is O=C(CCC(=O)c1ccc(Cl)s1)OCc1cc(=O)oc2cc3c(cc12)CCC3. The van der Waals surface area contributed by atoms with Crippen LogP contribution in [0.25, 0.3) is 11.0 Å². The second-order valence-corrected chi connectivity index (χ2v) is 8.46. The number of benzene rings is 1. The van der Waals surface area contributed by atoms with Gasteiger partial charge in [0.05, 0.1) is 15.6 Å².